The minimum Gasteiger partial charge on any atom is -0.755 e. The van der Waals surface area contributed by atoms with E-state index in [0.717, 1.165) is 9.87 Å². The van der Waals surface area contributed by atoms with E-state index in [2.05, 4.69) is 0 Å². The molecular formula is C24H23N2O8S-. The normalized spacial score (nSPS) is 11.4. The van der Waals surface area contributed by atoms with Crippen LogP contribution in [0.15, 0.2) is 60.7 Å². The zero-order valence-corrected chi connectivity index (χ0v) is 20.1. The van der Waals surface area contributed by atoms with Gasteiger partial charge >= 0.3 is 11.7 Å². The van der Waals surface area contributed by atoms with Crippen LogP contribution in [-0.4, -0.2) is 33.4 Å². The monoisotopic (exact) mass is 499 g/mol. The van der Waals surface area contributed by atoms with Crippen molar-refractivity contribution in [1.29, 1.82) is 0 Å². The van der Waals surface area contributed by atoms with E-state index in [1.807, 2.05) is 13.8 Å². The number of methoxy groups -OCH3 is 1. The van der Waals surface area contributed by atoms with Crippen molar-refractivity contribution in [3.05, 3.63) is 81.9 Å². The van der Waals surface area contributed by atoms with E-state index in [1.165, 1.54) is 43.5 Å². The van der Waals surface area contributed by atoms with Gasteiger partial charge in [0.25, 0.3) is 0 Å². The summed E-state index contributed by atoms with van der Waals surface area (Å²) in [7, 11) is 1.18. The Morgan fingerprint density at radius 3 is 2.31 bits per heavy atom. The second kappa shape index (κ2) is 11.4. The molecule has 1 unspecified atom stereocenters. The number of hydrogen-bond acceptors (Lipinski definition) is 8. The predicted molar refractivity (Wildman–Crippen MR) is 129 cm³/mol. The first-order chi connectivity index (χ1) is 16.7. The third-order valence-electron chi connectivity index (χ3n) is 4.84. The number of benzene rings is 3. The van der Waals surface area contributed by atoms with Gasteiger partial charge in [0, 0.05) is 12.1 Å². The number of nitro benzene ring substituents is 1. The summed E-state index contributed by atoms with van der Waals surface area (Å²) in [5.41, 5.74) is 1.07. The number of carbonyl (C=O) groups excluding carboxylic acids is 1. The molecule has 0 aromatic heterocycles. The number of esters is 1. The highest BCUT2D eigenvalue weighted by Gasteiger charge is 2.22. The molecule has 0 aliphatic rings. The number of nitrogens with zero attached hydrogens (tertiary/aromatic N) is 2. The number of nitro groups is 1. The van der Waals surface area contributed by atoms with Crippen molar-refractivity contribution in [3.63, 3.8) is 0 Å². The smallest absolute Gasteiger partial charge is 0.340 e. The topological polar surface area (TPSA) is 131 Å². The molecule has 35 heavy (non-hydrogen) atoms. The van der Waals surface area contributed by atoms with E-state index in [1.54, 1.807) is 24.3 Å². The lowest BCUT2D eigenvalue weighted by atomic mass is 10.1. The zero-order chi connectivity index (χ0) is 25.5. The van der Waals surface area contributed by atoms with Crippen molar-refractivity contribution < 1.29 is 32.7 Å². The molecule has 0 aliphatic carbocycles. The molecule has 11 heteroatoms. The molecule has 0 amide bonds. The van der Waals surface area contributed by atoms with E-state index in [9.17, 15) is 23.7 Å². The van der Waals surface area contributed by atoms with Crippen molar-refractivity contribution in [3.8, 4) is 17.2 Å². The van der Waals surface area contributed by atoms with Gasteiger partial charge < -0.3 is 18.8 Å². The first-order valence-corrected chi connectivity index (χ1v) is 11.6. The highest BCUT2D eigenvalue weighted by Crippen LogP contribution is 2.37. The van der Waals surface area contributed by atoms with Gasteiger partial charge in [-0.25, -0.2) is 4.79 Å². The number of ether oxygens (including phenoxy) is 3. The van der Waals surface area contributed by atoms with E-state index in [0.29, 0.717) is 12.1 Å². The van der Waals surface area contributed by atoms with Gasteiger partial charge in [-0.1, -0.05) is 24.6 Å². The summed E-state index contributed by atoms with van der Waals surface area (Å²) in [4.78, 5) is 23.3. The van der Waals surface area contributed by atoms with E-state index in [4.69, 9.17) is 14.2 Å². The summed E-state index contributed by atoms with van der Waals surface area (Å²) in [6.45, 7) is 4.02. The van der Waals surface area contributed by atoms with Crippen LogP contribution in [0.4, 0.5) is 17.1 Å². The largest absolute Gasteiger partial charge is 0.755 e. The van der Waals surface area contributed by atoms with Crippen molar-refractivity contribution >= 4 is 34.3 Å². The van der Waals surface area contributed by atoms with Crippen molar-refractivity contribution in [2.45, 2.75) is 20.3 Å². The van der Waals surface area contributed by atoms with E-state index < -0.39 is 22.2 Å². The highest BCUT2D eigenvalue weighted by atomic mass is 32.2. The molecule has 0 bridgehead atoms. The first-order valence-electron chi connectivity index (χ1n) is 10.5. The number of aryl methyl sites for hydroxylation is 1. The quantitative estimate of drug-likeness (QED) is 0.161. The second-order valence-electron chi connectivity index (χ2n) is 7.35. The molecule has 0 radical (unpaired) electrons. The molecular weight excluding hydrogens is 476 g/mol. The fourth-order valence-electron chi connectivity index (χ4n) is 3.19. The lowest BCUT2D eigenvalue weighted by Crippen LogP contribution is -2.22. The third-order valence-corrected chi connectivity index (χ3v) is 5.54. The lowest BCUT2D eigenvalue weighted by molar-refractivity contribution is -0.385. The van der Waals surface area contributed by atoms with Crippen LogP contribution in [0.25, 0.3) is 0 Å². The molecule has 0 N–H and O–H groups in total. The number of hydrogen-bond donors (Lipinski definition) is 0. The minimum atomic E-state index is -2.74. The molecule has 0 fully saturated rings. The SMILES string of the molecule is CCCOc1cc(Oc2ccc(N(c3ccc(C)cc3)S(=O)[O-])c(C(=O)OC)c2)ccc1[N+](=O)[O-]. The van der Waals surface area contributed by atoms with Crippen molar-refractivity contribution in [2.24, 2.45) is 0 Å². The molecule has 3 rings (SSSR count). The standard InChI is InChI=1S/C24H24N2O8S/c1-4-13-33-23-15-19(10-12-22(23)26(28)29)34-18-9-11-21(20(14-18)24(27)32-3)25(35(30)31)17-7-5-16(2)6-8-17/h5-12,14-15H,4,13H2,1-3H3,(H,30,31)/p-1. The summed E-state index contributed by atoms with van der Waals surface area (Å²) in [5, 5.41) is 11.3. The molecule has 0 saturated carbocycles. The first kappa shape index (κ1) is 25.7. The van der Waals surface area contributed by atoms with Crippen LogP contribution < -0.4 is 13.8 Å². The third kappa shape index (κ3) is 6.14. The van der Waals surface area contributed by atoms with Crippen LogP contribution in [-0.2, 0) is 16.0 Å². The van der Waals surface area contributed by atoms with Gasteiger partial charge in [-0.3, -0.25) is 18.6 Å². The average molecular weight is 500 g/mol. The predicted octanol–water partition coefficient (Wildman–Crippen LogP) is 5.20. The summed E-state index contributed by atoms with van der Waals surface area (Å²) < 4.78 is 41.3. The van der Waals surface area contributed by atoms with Crippen LogP contribution >= 0.6 is 0 Å². The molecule has 1 atom stereocenters. The summed E-state index contributed by atoms with van der Waals surface area (Å²) in [6.07, 6.45) is 0.657. The van der Waals surface area contributed by atoms with Gasteiger partial charge in [-0.15, -0.1) is 0 Å². The van der Waals surface area contributed by atoms with Gasteiger partial charge in [-0.2, -0.15) is 0 Å². The zero-order valence-electron chi connectivity index (χ0n) is 19.3. The Bertz CT molecular complexity index is 1250. The average Bonchev–Trinajstić information content (AvgIpc) is 2.84. The Morgan fingerprint density at radius 1 is 1.06 bits per heavy atom. The summed E-state index contributed by atoms with van der Waals surface area (Å²) in [5.74, 6) is -0.312. The van der Waals surface area contributed by atoms with E-state index >= 15 is 0 Å². The minimum absolute atomic E-state index is 0.0476. The van der Waals surface area contributed by atoms with Gasteiger partial charge in [-0.05, 0) is 49.7 Å². The van der Waals surface area contributed by atoms with Gasteiger partial charge in [0.15, 0.2) is 0 Å². The maximum absolute atomic E-state index is 12.5. The fraction of sp³-hybridized carbons (Fsp3) is 0.208. The van der Waals surface area contributed by atoms with E-state index in [-0.39, 0.29) is 40.8 Å². The van der Waals surface area contributed by atoms with Crippen LogP contribution in [0.3, 0.4) is 0 Å². The Labute approximate surface area is 204 Å². The lowest BCUT2D eigenvalue weighted by Gasteiger charge is -2.28. The summed E-state index contributed by atoms with van der Waals surface area (Å²) in [6, 6.07) is 15.0. The maximum Gasteiger partial charge on any atom is 0.340 e. The Hall–Kier alpha value is -3.96. The van der Waals surface area contributed by atoms with Crippen molar-refractivity contribution in [2.75, 3.05) is 18.0 Å². The molecule has 3 aromatic rings. The number of anilines is 2. The number of rotatable bonds is 10. The van der Waals surface area contributed by atoms with Crippen LogP contribution in [0, 0.1) is 17.0 Å². The van der Waals surface area contributed by atoms with Crippen molar-refractivity contribution in [1.82, 2.24) is 0 Å². The van der Waals surface area contributed by atoms with Gasteiger partial charge in [0.1, 0.15) is 11.5 Å². The second-order valence-corrected chi connectivity index (χ2v) is 8.15. The molecule has 3 aromatic carbocycles. The van der Waals surface area contributed by atoms with Gasteiger partial charge in [0.05, 0.1) is 46.8 Å². The van der Waals surface area contributed by atoms with Crippen LogP contribution in [0.1, 0.15) is 29.3 Å². The number of carbonyl (C=O) groups is 1. The maximum atomic E-state index is 12.5. The molecule has 10 nitrogen and oxygen atoms in total. The van der Waals surface area contributed by atoms with Gasteiger partial charge in [0.2, 0.25) is 5.75 Å². The molecule has 0 saturated heterocycles. The molecule has 0 spiro atoms. The molecule has 0 heterocycles. The Kier molecular flexibility index (Phi) is 8.39. The van der Waals surface area contributed by atoms with Crippen LogP contribution in [0.5, 0.6) is 17.2 Å². The Morgan fingerprint density at radius 2 is 1.71 bits per heavy atom. The molecule has 184 valence electrons. The summed E-state index contributed by atoms with van der Waals surface area (Å²) >= 11 is -2.74. The highest BCUT2D eigenvalue weighted by molar-refractivity contribution is 7.81. The molecule has 0 aliphatic heterocycles. The fourth-order valence-corrected chi connectivity index (χ4v) is 3.80. The Balaban J connectivity index is 2.01. The van der Waals surface area contributed by atoms with Crippen LogP contribution in [0.2, 0.25) is 0 Å².